The van der Waals surface area contributed by atoms with Crippen molar-refractivity contribution in [3.05, 3.63) is 44.8 Å². The molecule has 0 bridgehead atoms. The van der Waals surface area contributed by atoms with E-state index in [1.807, 2.05) is 38.1 Å². The minimum Gasteiger partial charge on any atom is -0.476 e. The number of halogens is 1. The molecule has 2 aromatic rings. The number of rotatable bonds is 5. The summed E-state index contributed by atoms with van der Waals surface area (Å²) in [5.74, 6) is -0.670. The highest BCUT2D eigenvalue weighted by Gasteiger charge is 2.19. The van der Waals surface area contributed by atoms with Crippen molar-refractivity contribution in [2.45, 2.75) is 26.8 Å². The number of hydrogen-bond donors (Lipinski definition) is 1. The fourth-order valence-electron chi connectivity index (χ4n) is 1.98. The van der Waals surface area contributed by atoms with E-state index in [4.69, 9.17) is 0 Å². The topological polar surface area (TPSA) is 68.0 Å². The maximum atomic E-state index is 11.2. The van der Waals surface area contributed by atoms with Gasteiger partial charge in [0.15, 0.2) is 5.69 Å². The smallest absolute Gasteiger partial charge is 0.358 e. The van der Waals surface area contributed by atoms with E-state index >= 15 is 0 Å². The first-order valence-corrected chi connectivity index (χ1v) is 7.45. The third-order valence-electron chi connectivity index (χ3n) is 2.89. The van der Waals surface area contributed by atoms with Gasteiger partial charge in [-0.15, -0.1) is 5.10 Å². The lowest BCUT2D eigenvalue weighted by molar-refractivity contribution is 0.0689. The number of aromatic nitrogens is 3. The summed E-state index contributed by atoms with van der Waals surface area (Å²) in [5.41, 5.74) is 1.83. The molecule has 6 heteroatoms. The van der Waals surface area contributed by atoms with Crippen LogP contribution in [-0.2, 0) is 13.0 Å². The lowest BCUT2D eigenvalue weighted by Gasteiger charge is -2.09. The standard InChI is InChI=1S/C14H16IN3O2/c1-9(2)7-12-13(14(19)20)16-17-18(12)8-10-3-5-11(15)6-4-10/h3-6,9H,7-8H2,1-2H3,(H,19,20). The summed E-state index contributed by atoms with van der Waals surface area (Å²) in [4.78, 5) is 11.2. The molecule has 5 nitrogen and oxygen atoms in total. The first kappa shape index (κ1) is 15.0. The maximum Gasteiger partial charge on any atom is 0.358 e. The molecular weight excluding hydrogens is 369 g/mol. The van der Waals surface area contributed by atoms with E-state index in [1.54, 1.807) is 4.68 Å². The van der Waals surface area contributed by atoms with E-state index < -0.39 is 5.97 Å². The van der Waals surface area contributed by atoms with Crippen molar-refractivity contribution >= 4 is 28.6 Å². The van der Waals surface area contributed by atoms with Crippen LogP contribution in [0.3, 0.4) is 0 Å². The summed E-state index contributed by atoms with van der Waals surface area (Å²) in [7, 11) is 0. The molecule has 0 aliphatic heterocycles. The Kier molecular flexibility index (Phi) is 4.74. The molecule has 0 radical (unpaired) electrons. The number of carboxylic acid groups (broad SMARTS) is 1. The first-order chi connectivity index (χ1) is 9.47. The monoisotopic (exact) mass is 385 g/mol. The number of hydrogen-bond acceptors (Lipinski definition) is 3. The van der Waals surface area contributed by atoms with Crippen LogP contribution in [0.2, 0.25) is 0 Å². The third-order valence-corrected chi connectivity index (χ3v) is 3.61. The molecule has 2 rings (SSSR count). The summed E-state index contributed by atoms with van der Waals surface area (Å²) < 4.78 is 2.85. The zero-order valence-electron chi connectivity index (χ0n) is 11.4. The molecule has 0 aliphatic carbocycles. The number of aromatic carboxylic acids is 1. The predicted molar refractivity (Wildman–Crippen MR) is 83.8 cm³/mol. The number of nitrogens with zero attached hydrogens (tertiary/aromatic N) is 3. The number of carboxylic acids is 1. The Morgan fingerprint density at radius 2 is 2.00 bits per heavy atom. The second-order valence-electron chi connectivity index (χ2n) is 5.07. The highest BCUT2D eigenvalue weighted by molar-refractivity contribution is 14.1. The maximum absolute atomic E-state index is 11.2. The Labute approximate surface area is 131 Å². The van der Waals surface area contributed by atoms with E-state index in [0.29, 0.717) is 24.6 Å². The van der Waals surface area contributed by atoms with E-state index in [1.165, 1.54) is 3.57 Å². The average Bonchev–Trinajstić information content (AvgIpc) is 2.75. The van der Waals surface area contributed by atoms with Crippen molar-refractivity contribution in [2.24, 2.45) is 5.92 Å². The molecule has 1 heterocycles. The van der Waals surface area contributed by atoms with E-state index in [2.05, 4.69) is 32.9 Å². The fraction of sp³-hybridized carbons (Fsp3) is 0.357. The Bertz CT molecular complexity index is 605. The normalized spacial score (nSPS) is 11.0. The van der Waals surface area contributed by atoms with Crippen molar-refractivity contribution in [2.75, 3.05) is 0 Å². The quantitative estimate of drug-likeness (QED) is 0.804. The van der Waals surface area contributed by atoms with Crippen LogP contribution in [0.4, 0.5) is 0 Å². The SMILES string of the molecule is CC(C)Cc1c(C(=O)O)nnn1Cc1ccc(I)cc1. The van der Waals surface area contributed by atoms with Gasteiger partial charge in [0.1, 0.15) is 0 Å². The van der Waals surface area contributed by atoms with Crippen molar-refractivity contribution in [3.63, 3.8) is 0 Å². The summed E-state index contributed by atoms with van der Waals surface area (Å²) in [6.07, 6.45) is 0.652. The molecular formula is C14H16IN3O2. The molecule has 0 atom stereocenters. The van der Waals surface area contributed by atoms with Gasteiger partial charge in [-0.1, -0.05) is 31.2 Å². The predicted octanol–water partition coefficient (Wildman–Crippen LogP) is 2.83. The molecule has 106 valence electrons. The Balaban J connectivity index is 2.31. The van der Waals surface area contributed by atoms with E-state index in [-0.39, 0.29) is 5.69 Å². The first-order valence-electron chi connectivity index (χ1n) is 6.37. The minimum atomic E-state index is -1.02. The van der Waals surface area contributed by atoms with Crippen LogP contribution in [0.1, 0.15) is 35.6 Å². The second-order valence-corrected chi connectivity index (χ2v) is 6.32. The van der Waals surface area contributed by atoms with Gasteiger partial charge < -0.3 is 5.11 Å². The van der Waals surface area contributed by atoms with Crippen LogP contribution in [0.5, 0.6) is 0 Å². The van der Waals surface area contributed by atoms with Crippen molar-refractivity contribution < 1.29 is 9.90 Å². The molecule has 1 aromatic carbocycles. The molecule has 0 saturated carbocycles. The second kappa shape index (κ2) is 6.34. The van der Waals surface area contributed by atoms with Gasteiger partial charge in [-0.2, -0.15) is 0 Å². The zero-order valence-corrected chi connectivity index (χ0v) is 13.5. The van der Waals surface area contributed by atoms with Crippen LogP contribution < -0.4 is 0 Å². The van der Waals surface area contributed by atoms with Crippen LogP contribution in [0.25, 0.3) is 0 Å². The minimum absolute atomic E-state index is 0.0595. The molecule has 20 heavy (non-hydrogen) atoms. The summed E-state index contributed by atoms with van der Waals surface area (Å²) >= 11 is 2.25. The van der Waals surface area contributed by atoms with Crippen molar-refractivity contribution in [1.29, 1.82) is 0 Å². The van der Waals surface area contributed by atoms with Crippen molar-refractivity contribution in [1.82, 2.24) is 15.0 Å². The fourth-order valence-corrected chi connectivity index (χ4v) is 2.34. The van der Waals surface area contributed by atoms with Gasteiger partial charge in [0.2, 0.25) is 0 Å². The van der Waals surface area contributed by atoms with Gasteiger partial charge >= 0.3 is 5.97 Å². The van der Waals surface area contributed by atoms with E-state index in [0.717, 1.165) is 5.56 Å². The summed E-state index contributed by atoms with van der Waals surface area (Å²) in [5, 5.41) is 17.0. The van der Waals surface area contributed by atoms with Gasteiger partial charge in [-0.25, -0.2) is 9.48 Å². The van der Waals surface area contributed by atoms with Gasteiger partial charge in [-0.05, 0) is 52.6 Å². The Morgan fingerprint density at radius 3 is 2.55 bits per heavy atom. The number of benzene rings is 1. The average molecular weight is 385 g/mol. The molecule has 0 saturated heterocycles. The van der Waals surface area contributed by atoms with Crippen LogP contribution in [-0.4, -0.2) is 26.1 Å². The van der Waals surface area contributed by atoms with Gasteiger partial charge in [0.25, 0.3) is 0 Å². The zero-order chi connectivity index (χ0) is 14.7. The lowest BCUT2D eigenvalue weighted by atomic mass is 10.1. The molecule has 1 aromatic heterocycles. The largest absolute Gasteiger partial charge is 0.476 e. The van der Waals surface area contributed by atoms with Crippen LogP contribution in [0.15, 0.2) is 24.3 Å². The molecule has 0 unspecified atom stereocenters. The summed E-state index contributed by atoms with van der Waals surface area (Å²) in [6, 6.07) is 8.08. The van der Waals surface area contributed by atoms with Gasteiger partial charge in [0, 0.05) is 3.57 Å². The van der Waals surface area contributed by atoms with Gasteiger partial charge in [0.05, 0.1) is 12.2 Å². The van der Waals surface area contributed by atoms with Gasteiger partial charge in [-0.3, -0.25) is 0 Å². The molecule has 0 spiro atoms. The Morgan fingerprint density at radius 1 is 1.35 bits per heavy atom. The van der Waals surface area contributed by atoms with Crippen LogP contribution in [0, 0.1) is 9.49 Å². The van der Waals surface area contributed by atoms with Crippen LogP contribution >= 0.6 is 22.6 Å². The highest BCUT2D eigenvalue weighted by Crippen LogP contribution is 2.15. The van der Waals surface area contributed by atoms with E-state index in [9.17, 15) is 9.90 Å². The molecule has 0 fully saturated rings. The summed E-state index contributed by atoms with van der Waals surface area (Å²) in [6.45, 7) is 4.64. The highest BCUT2D eigenvalue weighted by atomic mass is 127. The molecule has 0 amide bonds. The molecule has 0 aliphatic rings. The molecule has 1 N–H and O–H groups in total. The third kappa shape index (κ3) is 3.56. The lowest BCUT2D eigenvalue weighted by Crippen LogP contribution is -2.11. The Hall–Kier alpha value is -1.44. The van der Waals surface area contributed by atoms with Crippen molar-refractivity contribution in [3.8, 4) is 0 Å². The number of carbonyl (C=O) groups is 1.